The Labute approximate surface area is 316 Å². The van der Waals surface area contributed by atoms with Crippen LogP contribution in [0.25, 0.3) is 0 Å². The molecule has 6 nitrogen and oxygen atoms in total. The Morgan fingerprint density at radius 2 is 1.16 bits per heavy atom. The molecule has 0 heterocycles. The molecule has 1 amide bonds. The third kappa shape index (κ3) is 10.4. The number of ether oxygens (including phenoxy) is 1. The van der Waals surface area contributed by atoms with E-state index in [0.29, 0.717) is 12.0 Å². The molecule has 0 fully saturated rings. The van der Waals surface area contributed by atoms with Gasteiger partial charge in [-0.3, -0.25) is 10.0 Å². The van der Waals surface area contributed by atoms with Crippen LogP contribution in [0.4, 0.5) is 74.6 Å². The molecule has 1 aromatic rings. The molecule has 0 unspecified atom stereocenters. The van der Waals surface area contributed by atoms with Crippen molar-refractivity contribution in [2.45, 2.75) is 118 Å². The topological polar surface area (TPSA) is 88.0 Å². The molecule has 57 heavy (non-hydrogen) atoms. The van der Waals surface area contributed by atoms with Crippen molar-refractivity contribution in [1.82, 2.24) is 5.48 Å². The number of hydroxylamine groups is 1. The van der Waals surface area contributed by atoms with E-state index in [0.717, 1.165) is 6.08 Å². The van der Waals surface area contributed by atoms with Gasteiger partial charge in [-0.2, -0.15) is 74.6 Å². The minimum atomic E-state index is -8.68. The summed E-state index contributed by atoms with van der Waals surface area (Å²) in [6.07, 6.45) is -5.44. The normalized spacial score (nSPS) is 15.9. The minimum absolute atomic E-state index is 0.167. The van der Waals surface area contributed by atoms with E-state index in [2.05, 4.69) is 0 Å². The first-order chi connectivity index (χ1) is 25.6. The number of carbonyl (C=O) groups is 1. The number of aliphatic hydroxyl groups excluding tert-OH is 1. The summed E-state index contributed by atoms with van der Waals surface area (Å²) in [5.41, 5.74) is 0.131. The zero-order valence-electron chi connectivity index (χ0n) is 30.5. The Kier molecular flexibility index (Phi) is 16.8. The van der Waals surface area contributed by atoms with E-state index in [-0.39, 0.29) is 18.3 Å². The summed E-state index contributed by atoms with van der Waals surface area (Å²) in [6, 6.07) is 4.48. The first kappa shape index (κ1) is 51.9. The lowest BCUT2D eigenvalue weighted by molar-refractivity contribution is -0.461. The van der Waals surface area contributed by atoms with Crippen LogP contribution in [0.1, 0.15) is 59.1 Å². The van der Waals surface area contributed by atoms with Gasteiger partial charge in [0.05, 0.1) is 12.7 Å². The van der Waals surface area contributed by atoms with Crippen molar-refractivity contribution in [3.63, 3.8) is 0 Å². The van der Waals surface area contributed by atoms with Crippen LogP contribution in [0, 0.1) is 5.92 Å². The average Bonchev–Trinajstić information content (AvgIpc) is 3.09. The maximum absolute atomic E-state index is 14.8. The van der Waals surface area contributed by atoms with Crippen LogP contribution in [0.3, 0.4) is 0 Å². The Morgan fingerprint density at radius 3 is 1.60 bits per heavy atom. The van der Waals surface area contributed by atoms with Crippen molar-refractivity contribution in [1.29, 1.82) is 0 Å². The van der Waals surface area contributed by atoms with Crippen LogP contribution in [-0.2, 0) is 9.22 Å². The number of carbonyl (C=O) groups excluding carboxylic acids is 1. The number of hydrogen-bond donors (Lipinski definition) is 3. The van der Waals surface area contributed by atoms with E-state index in [4.69, 9.17) is 14.4 Å². The lowest BCUT2D eigenvalue weighted by Crippen LogP contribution is -2.74. The number of rotatable bonds is 22. The van der Waals surface area contributed by atoms with Crippen LogP contribution < -0.4 is 10.2 Å². The van der Waals surface area contributed by atoms with Crippen LogP contribution in [0.15, 0.2) is 48.6 Å². The number of alkyl halides is 17. The molecule has 0 aliphatic heterocycles. The molecular formula is C33H40F17NO5Si. The average molecular weight is 882 g/mol. The summed E-state index contributed by atoms with van der Waals surface area (Å²) in [5, 5.41) is 19.1. The lowest BCUT2D eigenvalue weighted by atomic mass is 9.88. The highest BCUT2D eigenvalue weighted by Gasteiger charge is 2.95. The Bertz CT molecular complexity index is 1510. The lowest BCUT2D eigenvalue weighted by Gasteiger charge is -2.44. The highest BCUT2D eigenvalue weighted by Crippen LogP contribution is 2.64. The third-order valence-electron chi connectivity index (χ3n) is 9.17. The number of benzene rings is 1. The zero-order valence-corrected chi connectivity index (χ0v) is 31.5. The molecule has 2 atom stereocenters. The summed E-state index contributed by atoms with van der Waals surface area (Å²) < 4.78 is 245. The Morgan fingerprint density at radius 1 is 0.702 bits per heavy atom. The maximum Gasteiger partial charge on any atom is 0.460 e. The van der Waals surface area contributed by atoms with E-state index >= 15 is 0 Å². The number of aliphatic hydroxyl groups is 1. The van der Waals surface area contributed by atoms with Gasteiger partial charge in [0.25, 0.3) is 5.91 Å². The number of nitrogens with one attached hydrogen (secondary N) is 1. The number of allylic oxidation sites excluding steroid dienone is 3. The molecule has 0 spiro atoms. The molecule has 1 rings (SSSR count). The molecule has 0 aliphatic rings. The minimum Gasteiger partial charge on any atom is -0.491 e. The molecule has 0 bridgehead atoms. The highest BCUT2D eigenvalue weighted by molar-refractivity contribution is 6.76. The fourth-order valence-electron chi connectivity index (χ4n) is 5.52. The molecule has 1 aromatic carbocycles. The van der Waals surface area contributed by atoms with Gasteiger partial charge in [-0.15, -0.1) is 0 Å². The van der Waals surface area contributed by atoms with Gasteiger partial charge in [0.15, 0.2) is 8.32 Å². The van der Waals surface area contributed by atoms with Crippen molar-refractivity contribution in [3.05, 3.63) is 54.1 Å². The van der Waals surface area contributed by atoms with Crippen molar-refractivity contribution in [2.75, 3.05) is 13.2 Å². The molecule has 0 saturated carbocycles. The van der Waals surface area contributed by atoms with Crippen LogP contribution in [0.5, 0.6) is 5.75 Å². The summed E-state index contributed by atoms with van der Waals surface area (Å²) >= 11 is 0. The predicted octanol–water partition coefficient (Wildman–Crippen LogP) is 10.9. The molecule has 3 N–H and O–H groups in total. The second kappa shape index (κ2) is 18.4. The van der Waals surface area contributed by atoms with Crippen LogP contribution in [0.2, 0.25) is 17.1 Å². The van der Waals surface area contributed by atoms with Crippen LogP contribution in [-0.4, -0.2) is 85.4 Å². The Balaban J connectivity index is 3.15. The van der Waals surface area contributed by atoms with E-state index in [1.54, 1.807) is 13.0 Å². The third-order valence-corrected chi connectivity index (χ3v) is 14.8. The van der Waals surface area contributed by atoms with Gasteiger partial charge >= 0.3 is 47.6 Å². The summed E-state index contributed by atoms with van der Waals surface area (Å²) in [7, 11) is -3.95. The summed E-state index contributed by atoms with van der Waals surface area (Å²) in [6.45, 7) is 6.14. The van der Waals surface area contributed by atoms with Gasteiger partial charge in [0.1, 0.15) is 12.4 Å². The van der Waals surface area contributed by atoms with Gasteiger partial charge in [-0.1, -0.05) is 65.0 Å². The SMILES string of the molecule is CC(C)[Si](CCC(F)(F)C(F)(F)C(F)(F)C(F)(F)C(F)(F)C(F)(F)C(F)(F)C(F)(F)F)(OCCOc1ccc([C@H](O)[C@@H](C)C/C=C/C=C/C(=O)NO)cc1)C(C)C. The van der Waals surface area contributed by atoms with Crippen LogP contribution >= 0.6 is 0 Å². The van der Waals surface area contributed by atoms with Gasteiger partial charge in [-0.05, 0) is 47.2 Å². The molecular weight excluding hydrogens is 841 g/mol. The van der Waals surface area contributed by atoms with Crippen molar-refractivity contribution >= 4 is 14.2 Å². The number of hydrogen-bond acceptors (Lipinski definition) is 5. The van der Waals surface area contributed by atoms with Gasteiger partial charge in [0, 0.05) is 12.5 Å². The predicted molar refractivity (Wildman–Crippen MR) is 171 cm³/mol. The second-order valence-corrected chi connectivity index (χ2v) is 18.6. The molecule has 24 heteroatoms. The van der Waals surface area contributed by atoms with Crippen molar-refractivity contribution in [3.8, 4) is 5.75 Å². The zero-order chi connectivity index (χ0) is 44.9. The molecule has 0 saturated heterocycles. The molecule has 0 aromatic heterocycles. The van der Waals surface area contributed by atoms with E-state index in [9.17, 15) is 84.5 Å². The first-order valence-corrected chi connectivity index (χ1v) is 18.9. The number of halogens is 17. The Hall–Kier alpha value is -3.12. The van der Waals surface area contributed by atoms with Gasteiger partial charge in [0.2, 0.25) is 0 Å². The van der Waals surface area contributed by atoms with E-state index in [1.807, 2.05) is 0 Å². The van der Waals surface area contributed by atoms with Gasteiger partial charge in [-0.25, -0.2) is 5.48 Å². The fraction of sp³-hybridized carbons (Fsp3) is 0.667. The fourth-order valence-corrected chi connectivity index (χ4v) is 9.98. The quantitative estimate of drug-likeness (QED) is 0.0205. The van der Waals surface area contributed by atoms with Crippen molar-refractivity contribution < 1.29 is 98.9 Å². The molecule has 330 valence electrons. The summed E-state index contributed by atoms with van der Waals surface area (Å²) in [4.78, 5) is 10.9. The molecule has 0 aliphatic carbocycles. The monoisotopic (exact) mass is 881 g/mol. The smallest absolute Gasteiger partial charge is 0.460 e. The first-order valence-electron chi connectivity index (χ1n) is 16.6. The highest BCUT2D eigenvalue weighted by atomic mass is 28.4. The maximum atomic E-state index is 14.8. The summed E-state index contributed by atoms with van der Waals surface area (Å²) in [5.74, 6) is -57.6. The van der Waals surface area contributed by atoms with Crippen molar-refractivity contribution in [2.24, 2.45) is 5.92 Å². The van der Waals surface area contributed by atoms with Gasteiger partial charge < -0.3 is 14.3 Å². The second-order valence-electron chi connectivity index (χ2n) is 13.6. The van der Waals surface area contributed by atoms with E-state index in [1.165, 1.54) is 69.6 Å². The van der Waals surface area contributed by atoms with E-state index < -0.39 is 98.1 Å². The number of amides is 1. The molecule has 0 radical (unpaired) electrons. The standard InChI is InChI=1S/C33H40F17NO5Si/c1-19(2)57(20(3)4,56-17-16-55-23-13-11-22(12-14-23)25(53)21(5)9-7-6-8-10-24(52)51-54)18-15-26(34,35)27(36,37)28(38,39)29(40,41)30(42,43)31(44,45)32(46,47)33(48,49)50/h6-8,10-14,19-21,25,53-54H,9,15-18H2,1-5H3,(H,51,52)/b7-6+,10-8+/t21-,25+/m0/s1. The largest absolute Gasteiger partial charge is 0.491 e.